The van der Waals surface area contributed by atoms with E-state index in [0.29, 0.717) is 5.69 Å². The fraction of sp³-hybridized carbons (Fsp3) is 0.167. The van der Waals surface area contributed by atoms with Crippen molar-refractivity contribution in [1.82, 2.24) is 0 Å². The molecule has 146 valence electrons. The molecular weight excluding hydrogens is 380 g/mol. The number of carbonyl (C=O) groups is 2. The molecule has 3 aliphatic carbocycles. The number of benzene rings is 3. The Labute approximate surface area is 171 Å². The van der Waals surface area contributed by atoms with Crippen LogP contribution in [0.15, 0.2) is 72.8 Å². The van der Waals surface area contributed by atoms with Crippen LogP contribution in [-0.2, 0) is 9.59 Å². The van der Waals surface area contributed by atoms with Crippen molar-refractivity contribution < 1.29 is 14.5 Å². The number of nitrogens with zero attached hydrogens (tertiary/aromatic N) is 2. The van der Waals surface area contributed by atoms with Crippen LogP contribution in [0.2, 0.25) is 0 Å². The molecule has 0 saturated carbocycles. The first-order valence-corrected chi connectivity index (χ1v) is 9.88. The SMILES string of the molecule is O=C1[C@H]2C3c4ccccc4C(c4ccccc43)[C@@H]2C(=O)N1c1ccc([N+](=O)[O-])cc1. The Hall–Kier alpha value is -3.80. The Kier molecular flexibility index (Phi) is 3.34. The zero-order valence-electron chi connectivity index (χ0n) is 15.8. The van der Waals surface area contributed by atoms with Crippen molar-refractivity contribution in [1.29, 1.82) is 0 Å². The highest BCUT2D eigenvalue weighted by Crippen LogP contribution is 2.61. The first kappa shape index (κ1) is 17.1. The maximum atomic E-state index is 13.6. The summed E-state index contributed by atoms with van der Waals surface area (Å²) in [6, 6.07) is 21.8. The highest BCUT2D eigenvalue weighted by Gasteiger charge is 2.61. The van der Waals surface area contributed by atoms with Crippen molar-refractivity contribution in [3.8, 4) is 0 Å². The van der Waals surface area contributed by atoms with Gasteiger partial charge in [0, 0.05) is 24.0 Å². The smallest absolute Gasteiger partial charge is 0.269 e. The van der Waals surface area contributed by atoms with Gasteiger partial charge in [-0.05, 0) is 34.4 Å². The summed E-state index contributed by atoms with van der Waals surface area (Å²) in [5.41, 5.74) is 4.79. The number of non-ortho nitro benzene ring substituents is 1. The number of imide groups is 1. The number of rotatable bonds is 2. The van der Waals surface area contributed by atoms with Gasteiger partial charge in [-0.25, -0.2) is 4.90 Å². The molecule has 3 aromatic rings. The monoisotopic (exact) mass is 396 g/mol. The molecule has 0 unspecified atom stereocenters. The van der Waals surface area contributed by atoms with E-state index >= 15 is 0 Å². The lowest BCUT2D eigenvalue weighted by atomic mass is 9.55. The van der Waals surface area contributed by atoms with Crippen molar-refractivity contribution >= 4 is 23.2 Å². The molecule has 2 amide bonds. The fourth-order valence-corrected chi connectivity index (χ4v) is 5.66. The zero-order chi connectivity index (χ0) is 20.6. The van der Waals surface area contributed by atoms with Crippen molar-refractivity contribution in [2.75, 3.05) is 4.90 Å². The molecule has 1 heterocycles. The van der Waals surface area contributed by atoms with E-state index < -0.39 is 16.8 Å². The normalized spacial score (nSPS) is 25.7. The molecule has 3 aromatic carbocycles. The molecule has 2 bridgehead atoms. The number of hydrogen-bond acceptors (Lipinski definition) is 4. The third-order valence-corrected chi connectivity index (χ3v) is 6.77. The second-order valence-electron chi connectivity index (χ2n) is 8.05. The number of anilines is 1. The van der Waals surface area contributed by atoms with Crippen LogP contribution in [0.4, 0.5) is 11.4 Å². The molecule has 7 rings (SSSR count). The predicted molar refractivity (Wildman–Crippen MR) is 109 cm³/mol. The van der Waals surface area contributed by atoms with Crippen LogP contribution >= 0.6 is 0 Å². The lowest BCUT2D eigenvalue weighted by Crippen LogP contribution is -2.41. The molecule has 6 nitrogen and oxygen atoms in total. The fourth-order valence-electron chi connectivity index (χ4n) is 5.66. The van der Waals surface area contributed by atoms with E-state index in [9.17, 15) is 19.7 Å². The molecule has 0 aromatic heterocycles. The van der Waals surface area contributed by atoms with Gasteiger partial charge in [-0.15, -0.1) is 0 Å². The van der Waals surface area contributed by atoms with Gasteiger partial charge < -0.3 is 0 Å². The maximum absolute atomic E-state index is 13.6. The van der Waals surface area contributed by atoms with E-state index in [1.54, 1.807) is 0 Å². The highest BCUT2D eigenvalue weighted by molar-refractivity contribution is 6.23. The molecule has 1 fully saturated rings. The summed E-state index contributed by atoms with van der Waals surface area (Å²) in [7, 11) is 0. The third kappa shape index (κ3) is 2.03. The van der Waals surface area contributed by atoms with Crippen LogP contribution in [0.1, 0.15) is 34.1 Å². The van der Waals surface area contributed by atoms with Crippen molar-refractivity contribution in [3.63, 3.8) is 0 Å². The predicted octanol–water partition coefficient (Wildman–Crippen LogP) is 3.99. The molecule has 2 atom stereocenters. The summed E-state index contributed by atoms with van der Waals surface area (Å²) < 4.78 is 0. The first-order valence-electron chi connectivity index (χ1n) is 9.88. The summed E-state index contributed by atoms with van der Waals surface area (Å²) in [4.78, 5) is 38.8. The topological polar surface area (TPSA) is 80.5 Å². The van der Waals surface area contributed by atoms with Gasteiger partial charge >= 0.3 is 0 Å². The van der Waals surface area contributed by atoms with Gasteiger partial charge in [0.25, 0.3) is 5.69 Å². The minimum Gasteiger partial charge on any atom is -0.274 e. The van der Waals surface area contributed by atoms with Gasteiger partial charge in [0.05, 0.1) is 22.4 Å². The standard InChI is InChI=1S/C24H16N2O4/c27-23-21-19-15-5-1-2-6-16(15)20(18-8-4-3-7-17(18)19)22(21)24(28)25(23)13-9-11-14(12-10-13)26(29)30/h1-12,19-22H/t19?,20?,21-,22-/m0/s1. The van der Waals surface area contributed by atoms with E-state index in [1.807, 2.05) is 24.3 Å². The molecule has 30 heavy (non-hydrogen) atoms. The van der Waals surface area contributed by atoms with Gasteiger partial charge in [0.15, 0.2) is 0 Å². The van der Waals surface area contributed by atoms with E-state index in [2.05, 4.69) is 24.3 Å². The minimum absolute atomic E-state index is 0.0739. The van der Waals surface area contributed by atoms with Crippen LogP contribution in [0.3, 0.4) is 0 Å². The number of nitro benzene ring substituents is 1. The lowest BCUT2D eigenvalue weighted by molar-refractivity contribution is -0.384. The molecule has 4 aliphatic rings. The third-order valence-electron chi connectivity index (χ3n) is 6.77. The number of nitro groups is 1. The van der Waals surface area contributed by atoms with E-state index in [4.69, 9.17) is 0 Å². The van der Waals surface area contributed by atoms with Gasteiger partial charge in [-0.2, -0.15) is 0 Å². The molecule has 6 heteroatoms. The zero-order valence-corrected chi connectivity index (χ0v) is 15.8. The van der Waals surface area contributed by atoms with Crippen molar-refractivity contribution in [2.45, 2.75) is 11.8 Å². The summed E-state index contributed by atoms with van der Waals surface area (Å²) >= 11 is 0. The van der Waals surface area contributed by atoms with Crippen LogP contribution in [0, 0.1) is 22.0 Å². The average Bonchev–Trinajstić information content (AvgIpc) is 3.04. The Morgan fingerprint density at radius 1 is 0.667 bits per heavy atom. The lowest BCUT2D eigenvalue weighted by Gasteiger charge is -2.45. The van der Waals surface area contributed by atoms with Crippen molar-refractivity contribution in [2.24, 2.45) is 11.8 Å². The average molecular weight is 396 g/mol. The van der Waals surface area contributed by atoms with E-state index in [0.717, 1.165) is 22.3 Å². The van der Waals surface area contributed by atoms with Gasteiger partial charge in [-0.3, -0.25) is 19.7 Å². The van der Waals surface area contributed by atoms with E-state index in [1.165, 1.54) is 29.2 Å². The Morgan fingerprint density at radius 3 is 1.43 bits per heavy atom. The summed E-state index contributed by atoms with van der Waals surface area (Å²) in [6.07, 6.45) is 0. The van der Waals surface area contributed by atoms with Gasteiger partial charge in [0.1, 0.15) is 0 Å². The summed E-state index contributed by atoms with van der Waals surface area (Å²) in [5, 5.41) is 11.0. The number of amides is 2. The van der Waals surface area contributed by atoms with Gasteiger partial charge in [-0.1, -0.05) is 48.5 Å². The highest BCUT2D eigenvalue weighted by atomic mass is 16.6. The Balaban J connectivity index is 1.51. The molecule has 0 radical (unpaired) electrons. The quantitative estimate of drug-likeness (QED) is 0.373. The minimum atomic E-state index is -0.495. The molecule has 0 spiro atoms. The van der Waals surface area contributed by atoms with Crippen molar-refractivity contribution in [3.05, 3.63) is 105 Å². The molecule has 1 saturated heterocycles. The maximum Gasteiger partial charge on any atom is 0.269 e. The Bertz CT molecular complexity index is 1130. The van der Waals surface area contributed by atoms with E-state index in [-0.39, 0.29) is 29.3 Å². The van der Waals surface area contributed by atoms with Crippen LogP contribution in [0.25, 0.3) is 0 Å². The molecule has 1 aliphatic heterocycles. The first-order chi connectivity index (χ1) is 14.6. The summed E-state index contributed by atoms with van der Waals surface area (Å²) in [6.45, 7) is 0. The molecular formula is C24H16N2O4. The number of carbonyl (C=O) groups excluding carboxylic acids is 2. The van der Waals surface area contributed by atoms with Crippen LogP contribution in [0.5, 0.6) is 0 Å². The molecule has 0 N–H and O–H groups in total. The second-order valence-corrected chi connectivity index (χ2v) is 8.05. The largest absolute Gasteiger partial charge is 0.274 e. The summed E-state index contributed by atoms with van der Waals surface area (Å²) in [5.74, 6) is -1.68. The van der Waals surface area contributed by atoms with Crippen LogP contribution in [-0.4, -0.2) is 16.7 Å². The number of hydrogen-bond donors (Lipinski definition) is 0. The van der Waals surface area contributed by atoms with Gasteiger partial charge in [0.2, 0.25) is 11.8 Å². The Morgan fingerprint density at radius 2 is 1.07 bits per heavy atom. The van der Waals surface area contributed by atoms with Crippen LogP contribution < -0.4 is 4.90 Å². The second kappa shape index (κ2) is 5.86.